The molecule has 0 N–H and O–H groups in total. The molecule has 2 aromatic rings. The first-order chi connectivity index (χ1) is 10.0. The summed E-state index contributed by atoms with van der Waals surface area (Å²) in [5.74, 6) is -1.45. The topological polar surface area (TPSA) is 26.3 Å². The SMILES string of the molecule is COc1ccc(/C=C/C(=O)c2ccc(F)cc2F)cc1Br. The van der Waals surface area contributed by atoms with E-state index >= 15 is 0 Å². The molecule has 0 fully saturated rings. The van der Waals surface area contributed by atoms with Gasteiger partial charge in [0.15, 0.2) is 5.78 Å². The highest BCUT2D eigenvalue weighted by Gasteiger charge is 2.09. The zero-order valence-corrected chi connectivity index (χ0v) is 12.7. The average molecular weight is 353 g/mol. The summed E-state index contributed by atoms with van der Waals surface area (Å²) in [7, 11) is 1.55. The van der Waals surface area contributed by atoms with Crippen molar-refractivity contribution in [1.82, 2.24) is 0 Å². The molecule has 0 spiro atoms. The molecular formula is C16H11BrF2O2. The van der Waals surface area contributed by atoms with E-state index in [2.05, 4.69) is 15.9 Å². The Balaban J connectivity index is 2.20. The van der Waals surface area contributed by atoms with Crippen LogP contribution in [0.15, 0.2) is 46.9 Å². The third kappa shape index (κ3) is 3.76. The minimum absolute atomic E-state index is 0.166. The molecule has 2 rings (SSSR count). The first kappa shape index (κ1) is 15.4. The van der Waals surface area contributed by atoms with Gasteiger partial charge in [-0.25, -0.2) is 8.78 Å². The number of allylic oxidation sites excluding steroid dienone is 1. The van der Waals surface area contributed by atoms with Crippen molar-refractivity contribution < 1.29 is 18.3 Å². The monoisotopic (exact) mass is 352 g/mol. The molecule has 5 heteroatoms. The number of rotatable bonds is 4. The fourth-order valence-electron chi connectivity index (χ4n) is 1.74. The molecule has 0 saturated heterocycles. The Morgan fingerprint density at radius 2 is 1.95 bits per heavy atom. The Hall–Kier alpha value is -2.01. The number of benzene rings is 2. The second-order valence-electron chi connectivity index (χ2n) is 4.22. The van der Waals surface area contributed by atoms with Crippen LogP contribution in [0.2, 0.25) is 0 Å². The quantitative estimate of drug-likeness (QED) is 0.592. The maximum Gasteiger partial charge on any atom is 0.188 e. The first-order valence-corrected chi connectivity index (χ1v) is 6.81. The molecule has 0 bridgehead atoms. The number of ketones is 1. The standard InChI is InChI=1S/C16H11BrF2O2/c1-21-16-7-3-10(8-13(16)17)2-6-15(20)12-5-4-11(18)9-14(12)19/h2-9H,1H3/b6-2+. The summed E-state index contributed by atoms with van der Waals surface area (Å²) in [6.07, 6.45) is 2.79. The molecule has 0 aliphatic rings. The molecule has 0 atom stereocenters. The van der Waals surface area contributed by atoms with Gasteiger partial charge >= 0.3 is 0 Å². The lowest BCUT2D eigenvalue weighted by atomic mass is 10.1. The fourth-order valence-corrected chi connectivity index (χ4v) is 2.30. The highest BCUT2D eigenvalue weighted by molar-refractivity contribution is 9.10. The second kappa shape index (κ2) is 6.63. The molecule has 0 aliphatic heterocycles. The fraction of sp³-hybridized carbons (Fsp3) is 0.0625. The second-order valence-corrected chi connectivity index (χ2v) is 5.07. The molecule has 2 nitrogen and oxygen atoms in total. The van der Waals surface area contributed by atoms with E-state index in [0.717, 1.165) is 22.2 Å². The van der Waals surface area contributed by atoms with Crippen molar-refractivity contribution in [2.45, 2.75) is 0 Å². The smallest absolute Gasteiger partial charge is 0.188 e. The van der Waals surface area contributed by atoms with Crippen molar-refractivity contribution in [2.24, 2.45) is 0 Å². The highest BCUT2D eigenvalue weighted by atomic mass is 79.9. The number of hydrogen-bond donors (Lipinski definition) is 0. The molecule has 0 saturated carbocycles. The third-order valence-corrected chi connectivity index (χ3v) is 3.42. The molecular weight excluding hydrogens is 342 g/mol. The van der Waals surface area contributed by atoms with Gasteiger partial charge in [-0.3, -0.25) is 4.79 Å². The van der Waals surface area contributed by atoms with Crippen LogP contribution in [-0.2, 0) is 0 Å². The molecule has 0 radical (unpaired) electrons. The van der Waals surface area contributed by atoms with Crippen LogP contribution in [-0.4, -0.2) is 12.9 Å². The van der Waals surface area contributed by atoms with Gasteiger partial charge in [-0.2, -0.15) is 0 Å². The van der Waals surface area contributed by atoms with Gasteiger partial charge in [-0.15, -0.1) is 0 Å². The summed E-state index contributed by atoms with van der Waals surface area (Å²) in [4.78, 5) is 11.9. The maximum atomic E-state index is 13.5. The summed E-state index contributed by atoms with van der Waals surface area (Å²) < 4.78 is 32.1. The number of ether oxygens (including phenoxy) is 1. The van der Waals surface area contributed by atoms with E-state index in [1.807, 2.05) is 0 Å². The lowest BCUT2D eigenvalue weighted by molar-refractivity contribution is 0.104. The average Bonchev–Trinajstić information content (AvgIpc) is 2.45. The minimum atomic E-state index is -0.874. The first-order valence-electron chi connectivity index (χ1n) is 6.02. The third-order valence-electron chi connectivity index (χ3n) is 2.80. The van der Waals surface area contributed by atoms with Gasteiger partial charge in [0.05, 0.1) is 17.1 Å². The molecule has 108 valence electrons. The van der Waals surface area contributed by atoms with Gasteiger partial charge in [0.2, 0.25) is 0 Å². The van der Waals surface area contributed by atoms with E-state index in [4.69, 9.17) is 4.74 Å². The summed E-state index contributed by atoms with van der Waals surface area (Å²) in [5, 5.41) is 0. The van der Waals surface area contributed by atoms with Crippen LogP contribution >= 0.6 is 15.9 Å². The Morgan fingerprint density at radius 1 is 1.19 bits per heavy atom. The number of carbonyl (C=O) groups is 1. The molecule has 0 aromatic heterocycles. The Labute approximate surface area is 129 Å². The van der Waals surface area contributed by atoms with E-state index in [0.29, 0.717) is 11.8 Å². The maximum absolute atomic E-state index is 13.5. The van der Waals surface area contributed by atoms with E-state index in [9.17, 15) is 13.6 Å². The highest BCUT2D eigenvalue weighted by Crippen LogP contribution is 2.26. The Bertz CT molecular complexity index is 711. The zero-order chi connectivity index (χ0) is 15.4. The van der Waals surface area contributed by atoms with E-state index in [1.54, 1.807) is 31.4 Å². The Kier molecular flexibility index (Phi) is 4.85. The van der Waals surface area contributed by atoms with Crippen LogP contribution < -0.4 is 4.74 Å². The molecule has 2 aromatic carbocycles. The van der Waals surface area contributed by atoms with Crippen molar-refractivity contribution in [3.05, 3.63) is 69.7 Å². The molecule has 0 amide bonds. The van der Waals surface area contributed by atoms with Crippen LogP contribution in [0.5, 0.6) is 5.75 Å². The van der Waals surface area contributed by atoms with Gasteiger partial charge in [0.25, 0.3) is 0 Å². The van der Waals surface area contributed by atoms with E-state index in [1.165, 1.54) is 6.08 Å². The number of carbonyl (C=O) groups excluding carboxylic acids is 1. The van der Waals surface area contributed by atoms with Crippen molar-refractivity contribution in [3.63, 3.8) is 0 Å². The van der Waals surface area contributed by atoms with Crippen LogP contribution in [0, 0.1) is 11.6 Å². The minimum Gasteiger partial charge on any atom is -0.496 e. The normalized spacial score (nSPS) is 10.9. The molecule has 0 aliphatic carbocycles. The number of halogens is 3. The Morgan fingerprint density at radius 3 is 2.57 bits per heavy atom. The van der Waals surface area contributed by atoms with Gasteiger partial charge in [0.1, 0.15) is 17.4 Å². The predicted octanol–water partition coefficient (Wildman–Crippen LogP) is 4.63. The van der Waals surface area contributed by atoms with Crippen LogP contribution in [0.1, 0.15) is 15.9 Å². The molecule has 0 heterocycles. The van der Waals surface area contributed by atoms with E-state index in [-0.39, 0.29) is 5.56 Å². The van der Waals surface area contributed by atoms with Crippen molar-refractivity contribution >= 4 is 27.8 Å². The van der Waals surface area contributed by atoms with E-state index < -0.39 is 17.4 Å². The summed E-state index contributed by atoms with van der Waals surface area (Å²) in [6, 6.07) is 8.13. The number of methoxy groups -OCH3 is 1. The van der Waals surface area contributed by atoms with Crippen LogP contribution in [0.25, 0.3) is 6.08 Å². The predicted molar refractivity (Wildman–Crippen MR) is 80.4 cm³/mol. The van der Waals surface area contributed by atoms with Crippen LogP contribution in [0.3, 0.4) is 0 Å². The molecule has 21 heavy (non-hydrogen) atoms. The lowest BCUT2D eigenvalue weighted by Gasteiger charge is -2.03. The summed E-state index contributed by atoms with van der Waals surface area (Å²) in [6.45, 7) is 0. The van der Waals surface area contributed by atoms with Crippen molar-refractivity contribution in [3.8, 4) is 5.75 Å². The van der Waals surface area contributed by atoms with Gasteiger partial charge in [0, 0.05) is 6.07 Å². The van der Waals surface area contributed by atoms with Gasteiger partial charge in [-0.05, 0) is 51.8 Å². The van der Waals surface area contributed by atoms with Gasteiger partial charge in [-0.1, -0.05) is 12.1 Å². The van der Waals surface area contributed by atoms with Crippen molar-refractivity contribution in [1.29, 1.82) is 0 Å². The van der Waals surface area contributed by atoms with Crippen molar-refractivity contribution in [2.75, 3.05) is 7.11 Å². The lowest BCUT2D eigenvalue weighted by Crippen LogP contribution is -1.99. The summed E-state index contributed by atoms with van der Waals surface area (Å²) >= 11 is 3.33. The van der Waals surface area contributed by atoms with Crippen LogP contribution in [0.4, 0.5) is 8.78 Å². The largest absolute Gasteiger partial charge is 0.496 e. The van der Waals surface area contributed by atoms with Gasteiger partial charge < -0.3 is 4.74 Å². The zero-order valence-electron chi connectivity index (χ0n) is 11.1. The summed E-state index contributed by atoms with van der Waals surface area (Å²) in [5.41, 5.74) is 0.582. The molecule has 0 unspecified atom stereocenters. The number of hydrogen-bond acceptors (Lipinski definition) is 2.